The summed E-state index contributed by atoms with van der Waals surface area (Å²) in [7, 11) is 0. The molecule has 2 aromatic rings. The van der Waals surface area contributed by atoms with Crippen LogP contribution >= 0.6 is 11.6 Å². The van der Waals surface area contributed by atoms with Gasteiger partial charge >= 0.3 is 0 Å². The molecule has 76 valence electrons. The largest absolute Gasteiger partial charge is 0.396 e. The highest BCUT2D eigenvalue weighted by Crippen LogP contribution is 2.29. The van der Waals surface area contributed by atoms with Crippen molar-refractivity contribution in [3.63, 3.8) is 0 Å². The zero-order valence-corrected chi connectivity index (χ0v) is 8.57. The Morgan fingerprint density at radius 3 is 2.60 bits per heavy atom. The number of rotatable bonds is 1. The Morgan fingerprint density at radius 2 is 1.87 bits per heavy atom. The number of hydrogen-bond donors (Lipinski definition) is 2. The van der Waals surface area contributed by atoms with Crippen LogP contribution in [0.2, 0.25) is 5.02 Å². The maximum Gasteiger partial charge on any atom is 0.220 e. The minimum Gasteiger partial charge on any atom is -0.396 e. The Hall–Kier alpha value is -1.81. The standard InChI is InChI=1S/C10H9ClN4/c11-7-4-2-1-3-6(7)9-8(12)5-14-10(13)15-9/h1-5H,12H2,(H2,13,14,15). The molecule has 0 saturated carbocycles. The second-order valence-corrected chi connectivity index (χ2v) is 3.42. The number of halogens is 1. The van der Waals surface area contributed by atoms with Crippen molar-refractivity contribution < 1.29 is 0 Å². The molecule has 0 fully saturated rings. The predicted molar refractivity (Wildman–Crippen MR) is 61.3 cm³/mol. The van der Waals surface area contributed by atoms with Crippen molar-refractivity contribution in [3.05, 3.63) is 35.5 Å². The number of nitrogens with zero attached hydrogens (tertiary/aromatic N) is 2. The van der Waals surface area contributed by atoms with Crippen LogP contribution < -0.4 is 11.5 Å². The van der Waals surface area contributed by atoms with Crippen LogP contribution in [0.1, 0.15) is 0 Å². The highest BCUT2D eigenvalue weighted by molar-refractivity contribution is 6.33. The van der Waals surface area contributed by atoms with E-state index >= 15 is 0 Å². The first-order valence-electron chi connectivity index (χ1n) is 4.31. The molecule has 15 heavy (non-hydrogen) atoms. The molecule has 1 heterocycles. The molecule has 4 nitrogen and oxygen atoms in total. The molecule has 5 heteroatoms. The van der Waals surface area contributed by atoms with E-state index in [1.54, 1.807) is 6.07 Å². The van der Waals surface area contributed by atoms with E-state index in [1.807, 2.05) is 18.2 Å². The quantitative estimate of drug-likeness (QED) is 0.770. The van der Waals surface area contributed by atoms with Gasteiger partial charge in [0.05, 0.1) is 16.9 Å². The van der Waals surface area contributed by atoms with E-state index in [-0.39, 0.29) is 5.95 Å². The van der Waals surface area contributed by atoms with Crippen molar-refractivity contribution in [1.29, 1.82) is 0 Å². The summed E-state index contributed by atoms with van der Waals surface area (Å²) in [6, 6.07) is 7.31. The monoisotopic (exact) mass is 220 g/mol. The summed E-state index contributed by atoms with van der Waals surface area (Å²) in [6.07, 6.45) is 1.47. The van der Waals surface area contributed by atoms with Crippen LogP contribution in [0.3, 0.4) is 0 Å². The molecule has 4 N–H and O–H groups in total. The van der Waals surface area contributed by atoms with E-state index < -0.39 is 0 Å². The van der Waals surface area contributed by atoms with Gasteiger partial charge in [0.2, 0.25) is 5.95 Å². The first-order chi connectivity index (χ1) is 7.18. The van der Waals surface area contributed by atoms with E-state index in [0.29, 0.717) is 16.4 Å². The highest BCUT2D eigenvalue weighted by atomic mass is 35.5. The molecule has 0 bridgehead atoms. The average Bonchev–Trinajstić information content (AvgIpc) is 2.23. The fourth-order valence-electron chi connectivity index (χ4n) is 1.27. The molecule has 0 radical (unpaired) electrons. The Balaban J connectivity index is 2.64. The van der Waals surface area contributed by atoms with Crippen LogP contribution in [0.25, 0.3) is 11.3 Å². The van der Waals surface area contributed by atoms with E-state index in [9.17, 15) is 0 Å². The lowest BCUT2D eigenvalue weighted by Gasteiger charge is -2.06. The second kappa shape index (κ2) is 3.74. The summed E-state index contributed by atoms with van der Waals surface area (Å²) in [5.74, 6) is 0.180. The van der Waals surface area contributed by atoms with Crippen LogP contribution in [0.5, 0.6) is 0 Å². The van der Waals surface area contributed by atoms with Crippen molar-refractivity contribution in [2.75, 3.05) is 11.5 Å². The normalized spacial score (nSPS) is 10.2. The number of benzene rings is 1. The van der Waals surface area contributed by atoms with Gasteiger partial charge in [0.25, 0.3) is 0 Å². The van der Waals surface area contributed by atoms with Crippen molar-refractivity contribution in [2.24, 2.45) is 0 Å². The Morgan fingerprint density at radius 1 is 1.13 bits per heavy atom. The van der Waals surface area contributed by atoms with E-state index in [4.69, 9.17) is 23.1 Å². The van der Waals surface area contributed by atoms with Gasteiger partial charge in [-0.05, 0) is 6.07 Å². The van der Waals surface area contributed by atoms with Crippen molar-refractivity contribution >= 4 is 23.2 Å². The zero-order chi connectivity index (χ0) is 10.8. The van der Waals surface area contributed by atoms with Gasteiger partial charge in [-0.1, -0.05) is 29.8 Å². The summed E-state index contributed by atoms with van der Waals surface area (Å²) in [5.41, 5.74) is 13.0. The minimum atomic E-state index is 0.180. The molecule has 1 aromatic heterocycles. The van der Waals surface area contributed by atoms with Gasteiger partial charge in [-0.15, -0.1) is 0 Å². The molecule has 0 unspecified atom stereocenters. The van der Waals surface area contributed by atoms with Gasteiger partial charge in [-0.25, -0.2) is 9.97 Å². The van der Waals surface area contributed by atoms with Crippen molar-refractivity contribution in [3.8, 4) is 11.3 Å². The summed E-state index contributed by atoms with van der Waals surface area (Å²) >= 11 is 6.03. The average molecular weight is 221 g/mol. The lowest BCUT2D eigenvalue weighted by atomic mass is 10.1. The van der Waals surface area contributed by atoms with Gasteiger partial charge in [0, 0.05) is 5.56 Å². The number of aromatic nitrogens is 2. The van der Waals surface area contributed by atoms with Crippen LogP contribution in [0.15, 0.2) is 30.5 Å². The predicted octanol–water partition coefficient (Wildman–Crippen LogP) is 1.96. The van der Waals surface area contributed by atoms with E-state index in [0.717, 1.165) is 5.56 Å². The fraction of sp³-hybridized carbons (Fsp3) is 0. The maximum absolute atomic E-state index is 6.03. The summed E-state index contributed by atoms with van der Waals surface area (Å²) in [5, 5.41) is 0.585. The minimum absolute atomic E-state index is 0.180. The Labute approximate surface area is 91.9 Å². The number of hydrogen-bond acceptors (Lipinski definition) is 4. The molecular formula is C10H9ClN4. The number of nitrogens with two attached hydrogens (primary N) is 2. The second-order valence-electron chi connectivity index (χ2n) is 3.01. The molecule has 0 atom stereocenters. The molecule has 0 saturated heterocycles. The van der Waals surface area contributed by atoms with E-state index in [2.05, 4.69) is 9.97 Å². The lowest BCUT2D eigenvalue weighted by molar-refractivity contribution is 1.19. The third-order valence-electron chi connectivity index (χ3n) is 1.96. The third-order valence-corrected chi connectivity index (χ3v) is 2.29. The van der Waals surface area contributed by atoms with Crippen LogP contribution in [-0.2, 0) is 0 Å². The van der Waals surface area contributed by atoms with Gasteiger partial charge in [0.1, 0.15) is 5.69 Å². The molecule has 0 aliphatic carbocycles. The Kier molecular flexibility index (Phi) is 2.43. The summed E-state index contributed by atoms with van der Waals surface area (Å²) in [6.45, 7) is 0. The smallest absolute Gasteiger partial charge is 0.220 e. The van der Waals surface area contributed by atoms with Crippen molar-refractivity contribution in [1.82, 2.24) is 9.97 Å². The first-order valence-corrected chi connectivity index (χ1v) is 4.69. The van der Waals surface area contributed by atoms with Crippen LogP contribution in [0, 0.1) is 0 Å². The topological polar surface area (TPSA) is 77.8 Å². The third kappa shape index (κ3) is 1.85. The SMILES string of the molecule is Nc1ncc(N)c(-c2ccccc2Cl)n1. The molecule has 0 aliphatic heterocycles. The first kappa shape index (κ1) is 9.73. The van der Waals surface area contributed by atoms with Gasteiger partial charge in [0.15, 0.2) is 0 Å². The van der Waals surface area contributed by atoms with Crippen LogP contribution in [0.4, 0.5) is 11.6 Å². The Bertz CT molecular complexity index is 499. The maximum atomic E-state index is 6.03. The van der Waals surface area contributed by atoms with Crippen molar-refractivity contribution in [2.45, 2.75) is 0 Å². The van der Waals surface area contributed by atoms with Gasteiger partial charge in [-0.3, -0.25) is 0 Å². The molecule has 0 spiro atoms. The molecule has 0 aliphatic rings. The van der Waals surface area contributed by atoms with Gasteiger partial charge < -0.3 is 11.5 Å². The zero-order valence-electron chi connectivity index (χ0n) is 7.81. The molecular weight excluding hydrogens is 212 g/mol. The van der Waals surface area contributed by atoms with E-state index in [1.165, 1.54) is 6.20 Å². The summed E-state index contributed by atoms with van der Waals surface area (Å²) in [4.78, 5) is 7.85. The number of anilines is 2. The molecule has 0 amide bonds. The molecule has 1 aromatic carbocycles. The lowest BCUT2D eigenvalue weighted by Crippen LogP contribution is -2.00. The molecule has 2 rings (SSSR count). The fourth-order valence-corrected chi connectivity index (χ4v) is 1.50. The van der Waals surface area contributed by atoms with Gasteiger partial charge in [-0.2, -0.15) is 0 Å². The van der Waals surface area contributed by atoms with Crippen LogP contribution in [-0.4, -0.2) is 9.97 Å². The highest BCUT2D eigenvalue weighted by Gasteiger charge is 2.08. The number of nitrogen functional groups attached to an aromatic ring is 2. The summed E-state index contributed by atoms with van der Waals surface area (Å²) < 4.78 is 0.